The number of amides is 1. The second-order valence-electron chi connectivity index (χ2n) is 9.35. The molecule has 5 rings (SSSR count). The number of pyridine rings is 1. The molecule has 0 bridgehead atoms. The first-order chi connectivity index (χ1) is 17.9. The van der Waals surface area contributed by atoms with Gasteiger partial charge in [-0.15, -0.1) is 11.3 Å². The van der Waals surface area contributed by atoms with E-state index in [1.54, 1.807) is 6.92 Å². The van der Waals surface area contributed by atoms with Crippen LogP contribution in [0.2, 0.25) is 0 Å². The molecule has 1 N–H and O–H groups in total. The van der Waals surface area contributed by atoms with Crippen molar-refractivity contribution in [2.24, 2.45) is 0 Å². The zero-order chi connectivity index (χ0) is 25.9. The average molecular weight is 515 g/mol. The predicted octanol–water partition coefficient (Wildman–Crippen LogP) is 7.06. The van der Waals surface area contributed by atoms with Crippen LogP contribution in [-0.2, 0) is 17.6 Å². The molecule has 6 nitrogen and oxygen atoms in total. The Morgan fingerprint density at radius 2 is 1.81 bits per heavy atom. The van der Waals surface area contributed by atoms with Crippen molar-refractivity contribution >= 4 is 39.1 Å². The van der Waals surface area contributed by atoms with E-state index < -0.39 is 0 Å². The van der Waals surface area contributed by atoms with Crippen molar-refractivity contribution in [3.8, 4) is 17.0 Å². The van der Waals surface area contributed by atoms with Gasteiger partial charge in [0, 0.05) is 15.8 Å². The van der Waals surface area contributed by atoms with Crippen molar-refractivity contribution < 1.29 is 19.1 Å². The van der Waals surface area contributed by atoms with E-state index in [0.717, 1.165) is 58.3 Å². The minimum absolute atomic E-state index is 0.0855. The minimum atomic E-state index is -0.374. The Labute approximate surface area is 220 Å². The lowest BCUT2D eigenvalue weighted by Crippen LogP contribution is -2.16. The van der Waals surface area contributed by atoms with Crippen molar-refractivity contribution in [2.45, 2.75) is 52.6 Å². The summed E-state index contributed by atoms with van der Waals surface area (Å²) in [5, 5.41) is 4.37. The number of benzene rings is 2. The maximum absolute atomic E-state index is 13.7. The Balaban J connectivity index is 1.53. The van der Waals surface area contributed by atoms with Crippen LogP contribution in [0.3, 0.4) is 0 Å². The van der Waals surface area contributed by atoms with Crippen LogP contribution in [0.5, 0.6) is 5.75 Å². The molecule has 0 radical (unpaired) electrons. The Hall–Kier alpha value is -3.71. The smallest absolute Gasteiger partial charge is 0.341 e. The molecule has 0 saturated carbocycles. The third-order valence-corrected chi connectivity index (χ3v) is 7.57. The van der Waals surface area contributed by atoms with Gasteiger partial charge in [-0.05, 0) is 88.4 Å². The van der Waals surface area contributed by atoms with E-state index in [-0.39, 0.29) is 24.6 Å². The maximum atomic E-state index is 13.7. The molecule has 1 amide bonds. The van der Waals surface area contributed by atoms with E-state index >= 15 is 0 Å². The monoisotopic (exact) mass is 514 g/mol. The van der Waals surface area contributed by atoms with E-state index in [4.69, 9.17) is 14.5 Å². The van der Waals surface area contributed by atoms with Crippen molar-refractivity contribution in [3.05, 3.63) is 76.2 Å². The molecule has 1 aliphatic carbocycles. The molecule has 4 aromatic rings. The summed E-state index contributed by atoms with van der Waals surface area (Å²) >= 11 is 1.49. The lowest BCUT2D eigenvalue weighted by molar-refractivity contribution is 0.0526. The molecule has 0 spiro atoms. The van der Waals surface area contributed by atoms with Crippen molar-refractivity contribution in [2.75, 3.05) is 11.9 Å². The van der Waals surface area contributed by atoms with E-state index in [2.05, 4.69) is 5.32 Å². The number of aromatic nitrogens is 1. The number of nitrogens with zero attached hydrogens (tertiary/aromatic N) is 1. The number of aryl methyl sites for hydroxylation is 1. The second kappa shape index (κ2) is 10.7. The number of hydrogen-bond donors (Lipinski definition) is 1. The van der Waals surface area contributed by atoms with E-state index in [9.17, 15) is 9.59 Å². The van der Waals surface area contributed by atoms with Crippen molar-refractivity contribution in [1.82, 2.24) is 4.98 Å². The number of fused-ring (bicyclic) bond motifs is 2. The fourth-order valence-corrected chi connectivity index (χ4v) is 6.00. The molecule has 0 fully saturated rings. The number of rotatable bonds is 7. The zero-order valence-corrected chi connectivity index (χ0v) is 22.1. The van der Waals surface area contributed by atoms with Crippen LogP contribution in [0.15, 0.2) is 54.6 Å². The van der Waals surface area contributed by atoms with Gasteiger partial charge in [0.25, 0.3) is 5.91 Å². The highest BCUT2D eigenvalue weighted by Gasteiger charge is 2.28. The predicted molar refractivity (Wildman–Crippen MR) is 148 cm³/mol. The van der Waals surface area contributed by atoms with Gasteiger partial charge in [-0.25, -0.2) is 9.78 Å². The van der Waals surface area contributed by atoms with Crippen LogP contribution in [0.25, 0.3) is 22.2 Å². The number of esters is 1. The van der Waals surface area contributed by atoms with Gasteiger partial charge < -0.3 is 14.8 Å². The fourth-order valence-electron chi connectivity index (χ4n) is 4.73. The second-order valence-corrected chi connectivity index (χ2v) is 10.5. The minimum Gasteiger partial charge on any atom is -0.491 e. The number of para-hydroxylation sites is 1. The molecule has 0 saturated heterocycles. The normalized spacial score (nSPS) is 12.9. The Morgan fingerprint density at radius 3 is 2.57 bits per heavy atom. The van der Waals surface area contributed by atoms with Crippen LogP contribution in [0, 0.1) is 0 Å². The lowest BCUT2D eigenvalue weighted by atomic mass is 9.95. The van der Waals surface area contributed by atoms with E-state index in [1.807, 2.05) is 68.4 Å². The van der Waals surface area contributed by atoms with Crippen LogP contribution in [-0.4, -0.2) is 29.6 Å². The number of ether oxygens (including phenoxy) is 2. The highest BCUT2D eigenvalue weighted by Crippen LogP contribution is 2.39. The van der Waals surface area contributed by atoms with Crippen molar-refractivity contribution in [1.29, 1.82) is 0 Å². The van der Waals surface area contributed by atoms with Crippen molar-refractivity contribution in [3.63, 3.8) is 0 Å². The van der Waals surface area contributed by atoms with Gasteiger partial charge >= 0.3 is 5.97 Å². The highest BCUT2D eigenvalue weighted by molar-refractivity contribution is 7.17. The summed E-state index contributed by atoms with van der Waals surface area (Å²) < 4.78 is 11.1. The number of hydrogen-bond acceptors (Lipinski definition) is 6. The third kappa shape index (κ3) is 5.23. The standard InChI is InChI=1S/C30H30N2O4S/c1-4-35-30(34)27-22-10-6-8-12-26(22)37-29(27)32-28(33)23-17-25(31-24-11-7-5-9-21(23)24)19-13-15-20(16-14-19)36-18(2)3/h5,7,9,11,13-18H,4,6,8,10,12H2,1-3H3,(H,32,33). The summed E-state index contributed by atoms with van der Waals surface area (Å²) in [5.41, 5.74) is 4.34. The third-order valence-electron chi connectivity index (χ3n) is 6.36. The largest absolute Gasteiger partial charge is 0.491 e. The van der Waals surface area contributed by atoms with Gasteiger partial charge in [-0.3, -0.25) is 4.79 Å². The zero-order valence-electron chi connectivity index (χ0n) is 21.3. The molecular weight excluding hydrogens is 484 g/mol. The summed E-state index contributed by atoms with van der Waals surface area (Å²) in [5.74, 6) is 0.135. The van der Waals surface area contributed by atoms with Gasteiger partial charge in [0.15, 0.2) is 0 Å². The molecule has 1 aliphatic rings. The number of nitrogens with one attached hydrogen (secondary N) is 1. The molecule has 7 heteroatoms. The molecule has 190 valence electrons. The molecule has 0 atom stereocenters. The molecule has 0 aliphatic heterocycles. The Kier molecular flexibility index (Phi) is 7.24. The Bertz CT molecular complexity index is 1460. The van der Waals surface area contributed by atoms with Crippen LogP contribution in [0.4, 0.5) is 5.00 Å². The fraction of sp³-hybridized carbons (Fsp3) is 0.300. The number of anilines is 1. The molecule has 2 aromatic heterocycles. The number of thiophene rings is 1. The van der Waals surface area contributed by atoms with Gasteiger partial charge in [0.05, 0.1) is 35.0 Å². The first kappa shape index (κ1) is 25.0. The molecular formula is C30H30N2O4S. The van der Waals surface area contributed by atoms with Gasteiger partial charge in [0.1, 0.15) is 10.8 Å². The topological polar surface area (TPSA) is 77.5 Å². The maximum Gasteiger partial charge on any atom is 0.341 e. The highest BCUT2D eigenvalue weighted by atomic mass is 32.1. The number of carbonyl (C=O) groups is 2. The molecule has 2 heterocycles. The summed E-state index contributed by atoms with van der Waals surface area (Å²) in [7, 11) is 0. The molecule has 37 heavy (non-hydrogen) atoms. The lowest BCUT2D eigenvalue weighted by Gasteiger charge is -2.13. The summed E-state index contributed by atoms with van der Waals surface area (Å²) in [4.78, 5) is 32.6. The van der Waals surface area contributed by atoms with Crippen LogP contribution in [0.1, 0.15) is 64.8 Å². The SMILES string of the molecule is CCOC(=O)c1c(NC(=O)c2cc(-c3ccc(OC(C)C)cc3)nc3ccccc23)sc2c1CCCC2. The summed E-state index contributed by atoms with van der Waals surface area (Å²) in [6, 6.07) is 17.1. The van der Waals surface area contributed by atoms with Gasteiger partial charge in [-0.1, -0.05) is 18.2 Å². The van der Waals surface area contributed by atoms with Crippen LogP contribution >= 0.6 is 11.3 Å². The molecule has 2 aromatic carbocycles. The summed E-state index contributed by atoms with van der Waals surface area (Å²) in [6.45, 7) is 6.05. The first-order valence-electron chi connectivity index (χ1n) is 12.7. The van der Waals surface area contributed by atoms with E-state index in [0.29, 0.717) is 21.8 Å². The molecule has 0 unspecified atom stereocenters. The van der Waals surface area contributed by atoms with E-state index in [1.165, 1.54) is 11.3 Å². The Morgan fingerprint density at radius 1 is 1.05 bits per heavy atom. The summed E-state index contributed by atoms with van der Waals surface area (Å²) in [6.07, 6.45) is 3.95. The van der Waals surface area contributed by atoms with Gasteiger partial charge in [0.2, 0.25) is 0 Å². The quantitative estimate of drug-likeness (QED) is 0.267. The average Bonchev–Trinajstić information content (AvgIpc) is 3.26. The first-order valence-corrected chi connectivity index (χ1v) is 13.6. The number of carbonyl (C=O) groups excluding carboxylic acids is 2. The van der Waals surface area contributed by atoms with Gasteiger partial charge in [-0.2, -0.15) is 0 Å². The van der Waals surface area contributed by atoms with Crippen LogP contribution < -0.4 is 10.1 Å².